The average Bonchev–Trinajstić information content (AvgIpc) is 2.88. The van der Waals surface area contributed by atoms with Crippen LogP contribution in [0.5, 0.6) is 0 Å². The topological polar surface area (TPSA) is 72.2 Å². The Labute approximate surface area is 204 Å². The maximum absolute atomic E-state index is 14.9. The molecule has 0 spiro atoms. The number of carbonyl (C=O) groups is 2. The third-order valence-corrected chi connectivity index (χ3v) is 6.11. The van der Waals surface area contributed by atoms with Gasteiger partial charge in [-0.25, -0.2) is 4.39 Å². The van der Waals surface area contributed by atoms with E-state index in [4.69, 9.17) is 5.73 Å². The third-order valence-electron chi connectivity index (χ3n) is 6.11. The van der Waals surface area contributed by atoms with Crippen LogP contribution in [-0.2, 0) is 11.2 Å². The third kappa shape index (κ3) is 5.64. The van der Waals surface area contributed by atoms with Crippen LogP contribution in [0.3, 0.4) is 0 Å². The van der Waals surface area contributed by atoms with Gasteiger partial charge >= 0.3 is 0 Å². The average molecular weight is 467 g/mol. The van der Waals surface area contributed by atoms with Crippen molar-refractivity contribution < 1.29 is 14.0 Å². The number of hydrogen-bond acceptors (Lipinski definition) is 2. The summed E-state index contributed by atoms with van der Waals surface area (Å²) in [6.07, 6.45) is 1.30. The fourth-order valence-electron chi connectivity index (χ4n) is 4.18. The van der Waals surface area contributed by atoms with Crippen molar-refractivity contribution in [1.29, 1.82) is 0 Å². The molecule has 0 saturated carbocycles. The molecule has 1 unspecified atom stereocenters. The summed E-state index contributed by atoms with van der Waals surface area (Å²) >= 11 is 0. The normalized spacial score (nSPS) is 11.6. The maximum atomic E-state index is 14.9. The van der Waals surface area contributed by atoms with E-state index in [2.05, 4.69) is 5.32 Å². The van der Waals surface area contributed by atoms with Crippen molar-refractivity contribution >= 4 is 17.5 Å². The van der Waals surface area contributed by atoms with Gasteiger partial charge in [0.25, 0.3) is 0 Å². The van der Waals surface area contributed by atoms with Gasteiger partial charge in [-0.1, -0.05) is 85.8 Å². The SMILES string of the molecule is CCC(Cc1ccccc1)C(=O)Nc1ccc(-c2ccc(-c3ccccc3)c(F)c2)c(C(N)=O)c1. The second-order valence-electron chi connectivity index (χ2n) is 8.47. The van der Waals surface area contributed by atoms with Gasteiger partial charge in [0.15, 0.2) is 0 Å². The summed E-state index contributed by atoms with van der Waals surface area (Å²) < 4.78 is 14.9. The van der Waals surface area contributed by atoms with Crippen molar-refractivity contribution in [1.82, 2.24) is 0 Å². The van der Waals surface area contributed by atoms with Gasteiger partial charge in [-0.15, -0.1) is 0 Å². The number of nitrogens with two attached hydrogens (primary N) is 1. The van der Waals surface area contributed by atoms with Gasteiger partial charge in [-0.05, 0) is 53.3 Å². The van der Waals surface area contributed by atoms with Crippen LogP contribution in [0.4, 0.5) is 10.1 Å². The molecule has 0 aliphatic heterocycles. The molecule has 1 atom stereocenters. The smallest absolute Gasteiger partial charge is 0.249 e. The van der Waals surface area contributed by atoms with E-state index in [1.807, 2.05) is 67.6 Å². The Bertz CT molecular complexity index is 1340. The predicted octanol–water partition coefficient (Wildman–Crippen LogP) is 6.47. The first-order chi connectivity index (χ1) is 17.0. The van der Waals surface area contributed by atoms with E-state index in [9.17, 15) is 14.0 Å². The highest BCUT2D eigenvalue weighted by Gasteiger charge is 2.19. The molecule has 35 heavy (non-hydrogen) atoms. The number of rotatable bonds is 8. The molecule has 4 aromatic carbocycles. The van der Waals surface area contributed by atoms with Crippen LogP contribution >= 0.6 is 0 Å². The molecule has 0 heterocycles. The molecule has 0 bridgehead atoms. The lowest BCUT2D eigenvalue weighted by Gasteiger charge is -2.16. The molecule has 0 aromatic heterocycles. The zero-order chi connectivity index (χ0) is 24.8. The quantitative estimate of drug-likeness (QED) is 0.313. The van der Waals surface area contributed by atoms with Crippen LogP contribution in [0.2, 0.25) is 0 Å². The minimum absolute atomic E-state index is 0.127. The molecule has 0 saturated heterocycles. The van der Waals surface area contributed by atoms with Crippen molar-refractivity contribution in [2.75, 3.05) is 5.32 Å². The van der Waals surface area contributed by atoms with E-state index in [-0.39, 0.29) is 17.4 Å². The van der Waals surface area contributed by atoms with Gasteiger partial charge in [-0.3, -0.25) is 9.59 Å². The predicted molar refractivity (Wildman–Crippen MR) is 138 cm³/mol. The summed E-state index contributed by atoms with van der Waals surface area (Å²) in [5.41, 5.74) is 9.71. The monoisotopic (exact) mass is 466 g/mol. The number of primary amides is 1. The molecule has 4 rings (SSSR count). The number of benzene rings is 4. The second-order valence-corrected chi connectivity index (χ2v) is 8.47. The lowest BCUT2D eigenvalue weighted by Crippen LogP contribution is -2.24. The van der Waals surface area contributed by atoms with Gasteiger partial charge in [0.2, 0.25) is 11.8 Å². The van der Waals surface area contributed by atoms with E-state index < -0.39 is 11.7 Å². The van der Waals surface area contributed by atoms with Crippen molar-refractivity contribution in [3.05, 3.63) is 114 Å². The first kappa shape index (κ1) is 23.9. The summed E-state index contributed by atoms with van der Waals surface area (Å²) in [5, 5.41) is 2.91. The molecule has 0 aliphatic carbocycles. The highest BCUT2D eigenvalue weighted by molar-refractivity contribution is 6.02. The highest BCUT2D eigenvalue weighted by atomic mass is 19.1. The number of carbonyl (C=O) groups excluding carboxylic acids is 2. The lowest BCUT2D eigenvalue weighted by molar-refractivity contribution is -0.119. The zero-order valence-corrected chi connectivity index (χ0v) is 19.5. The van der Waals surface area contributed by atoms with Gasteiger partial charge < -0.3 is 11.1 Å². The summed E-state index contributed by atoms with van der Waals surface area (Å²) in [5.74, 6) is -1.39. The van der Waals surface area contributed by atoms with Crippen LogP contribution in [0.25, 0.3) is 22.3 Å². The fourth-order valence-corrected chi connectivity index (χ4v) is 4.18. The Balaban J connectivity index is 1.58. The molecule has 5 heteroatoms. The van der Waals surface area contributed by atoms with E-state index >= 15 is 0 Å². The van der Waals surface area contributed by atoms with Crippen molar-refractivity contribution in [2.24, 2.45) is 11.7 Å². The molecule has 4 nitrogen and oxygen atoms in total. The van der Waals surface area contributed by atoms with Crippen molar-refractivity contribution in [2.45, 2.75) is 19.8 Å². The number of hydrogen-bond donors (Lipinski definition) is 2. The summed E-state index contributed by atoms with van der Waals surface area (Å²) in [6.45, 7) is 1.97. The molecule has 176 valence electrons. The molecular formula is C30H27FN2O2. The van der Waals surface area contributed by atoms with Crippen LogP contribution in [0.15, 0.2) is 97.1 Å². The van der Waals surface area contributed by atoms with Gasteiger partial charge in [0.05, 0.1) is 0 Å². The first-order valence-electron chi connectivity index (χ1n) is 11.6. The minimum Gasteiger partial charge on any atom is -0.366 e. The molecule has 0 fully saturated rings. The molecular weight excluding hydrogens is 439 g/mol. The van der Waals surface area contributed by atoms with Gasteiger partial charge in [-0.2, -0.15) is 0 Å². The summed E-state index contributed by atoms with van der Waals surface area (Å²) in [4.78, 5) is 25.2. The fraction of sp³-hybridized carbons (Fsp3) is 0.133. The van der Waals surface area contributed by atoms with Crippen molar-refractivity contribution in [3.63, 3.8) is 0 Å². The van der Waals surface area contributed by atoms with Gasteiger partial charge in [0, 0.05) is 22.7 Å². The van der Waals surface area contributed by atoms with Crippen LogP contribution in [-0.4, -0.2) is 11.8 Å². The minimum atomic E-state index is -0.653. The molecule has 0 radical (unpaired) electrons. The van der Waals surface area contributed by atoms with Crippen LogP contribution < -0.4 is 11.1 Å². The second kappa shape index (κ2) is 10.8. The standard InChI is InChI=1S/C30H27FN2O2/c1-2-21(17-20-9-5-3-6-10-20)30(35)33-24-14-16-25(27(19-24)29(32)34)23-13-15-26(28(31)18-23)22-11-7-4-8-12-22/h3-16,18-19,21H,2,17H2,1H3,(H2,32,34)(H,33,35). The molecule has 0 aliphatic rings. The Hall–Kier alpha value is -4.25. The lowest BCUT2D eigenvalue weighted by atomic mass is 9.94. The Kier molecular flexibility index (Phi) is 7.36. The number of halogens is 1. The highest BCUT2D eigenvalue weighted by Crippen LogP contribution is 2.31. The number of amides is 2. The Morgan fingerprint density at radius 2 is 1.49 bits per heavy atom. The molecule has 2 amide bonds. The van der Waals surface area contributed by atoms with Crippen LogP contribution in [0.1, 0.15) is 29.3 Å². The van der Waals surface area contributed by atoms with Crippen LogP contribution in [0, 0.1) is 11.7 Å². The summed E-state index contributed by atoms with van der Waals surface area (Å²) in [7, 11) is 0. The Morgan fingerprint density at radius 1 is 0.829 bits per heavy atom. The number of anilines is 1. The maximum Gasteiger partial charge on any atom is 0.249 e. The van der Waals surface area contributed by atoms with E-state index in [0.717, 1.165) is 11.1 Å². The Morgan fingerprint density at radius 3 is 2.11 bits per heavy atom. The van der Waals surface area contributed by atoms with Gasteiger partial charge in [0.1, 0.15) is 5.82 Å². The largest absolute Gasteiger partial charge is 0.366 e. The zero-order valence-electron chi connectivity index (χ0n) is 19.5. The molecule has 4 aromatic rings. The van der Waals surface area contributed by atoms with E-state index in [0.29, 0.717) is 35.2 Å². The molecule has 3 N–H and O–H groups in total. The van der Waals surface area contributed by atoms with Crippen molar-refractivity contribution in [3.8, 4) is 22.3 Å². The summed E-state index contributed by atoms with van der Waals surface area (Å²) in [6, 6.07) is 28.9. The van der Waals surface area contributed by atoms with E-state index in [1.54, 1.807) is 30.3 Å². The number of nitrogens with one attached hydrogen (secondary N) is 1. The first-order valence-corrected chi connectivity index (χ1v) is 11.6. The van der Waals surface area contributed by atoms with E-state index in [1.165, 1.54) is 6.07 Å².